The Kier molecular flexibility index (Phi) is 5.73. The third kappa shape index (κ3) is 4.50. The van der Waals surface area contributed by atoms with Crippen molar-refractivity contribution in [1.29, 1.82) is 0 Å². The highest BCUT2D eigenvalue weighted by atomic mass is 35.5. The number of esters is 1. The van der Waals surface area contributed by atoms with E-state index in [2.05, 4.69) is 4.90 Å². The van der Waals surface area contributed by atoms with Crippen LogP contribution < -0.4 is 0 Å². The highest BCUT2D eigenvalue weighted by Gasteiger charge is 2.22. The van der Waals surface area contributed by atoms with Gasteiger partial charge in [-0.25, -0.2) is 0 Å². The average molecular weight is 332 g/mol. The second-order valence-corrected chi connectivity index (χ2v) is 6.21. The van der Waals surface area contributed by atoms with E-state index in [0.29, 0.717) is 28.9 Å². The SMILES string of the molecule is COC(=O)CC1CCN(Cc2cc(Cl)c(Cl)cc2O)CC1. The zero-order valence-corrected chi connectivity index (χ0v) is 13.5. The van der Waals surface area contributed by atoms with Gasteiger partial charge in [0.05, 0.1) is 17.2 Å². The number of carbonyl (C=O) groups excluding carboxylic acids is 1. The van der Waals surface area contributed by atoms with E-state index in [4.69, 9.17) is 27.9 Å². The molecule has 0 saturated carbocycles. The van der Waals surface area contributed by atoms with Crippen molar-refractivity contribution in [1.82, 2.24) is 4.90 Å². The quantitative estimate of drug-likeness (QED) is 0.858. The number of methoxy groups -OCH3 is 1. The molecular formula is C15H19Cl2NO3. The molecule has 4 nitrogen and oxygen atoms in total. The minimum atomic E-state index is -0.143. The van der Waals surface area contributed by atoms with Crippen LogP contribution in [0.2, 0.25) is 10.0 Å². The third-order valence-electron chi connectivity index (χ3n) is 3.91. The molecule has 1 aromatic rings. The number of hydrogen-bond acceptors (Lipinski definition) is 4. The van der Waals surface area contributed by atoms with Gasteiger partial charge in [0.25, 0.3) is 0 Å². The number of ether oxygens (including phenoxy) is 1. The number of piperidine rings is 1. The van der Waals surface area contributed by atoms with Gasteiger partial charge in [-0.05, 0) is 37.9 Å². The standard InChI is InChI=1S/C15H19Cl2NO3/c1-21-15(20)6-10-2-4-18(5-3-10)9-11-7-12(16)13(17)8-14(11)19/h7-8,10,19H,2-6,9H2,1H3. The van der Waals surface area contributed by atoms with Gasteiger partial charge in [-0.3, -0.25) is 9.69 Å². The average Bonchev–Trinajstić information content (AvgIpc) is 2.46. The topological polar surface area (TPSA) is 49.8 Å². The lowest BCUT2D eigenvalue weighted by Gasteiger charge is -2.31. The van der Waals surface area contributed by atoms with Gasteiger partial charge in [-0.15, -0.1) is 0 Å². The van der Waals surface area contributed by atoms with Crippen molar-refractivity contribution in [3.8, 4) is 5.75 Å². The molecule has 1 aromatic carbocycles. The number of likely N-dealkylation sites (tertiary alicyclic amines) is 1. The first kappa shape index (κ1) is 16.4. The molecule has 1 aliphatic rings. The molecule has 6 heteroatoms. The van der Waals surface area contributed by atoms with E-state index in [1.165, 1.54) is 13.2 Å². The first-order valence-electron chi connectivity index (χ1n) is 6.95. The minimum Gasteiger partial charge on any atom is -0.508 e. The number of aromatic hydroxyl groups is 1. The number of benzene rings is 1. The van der Waals surface area contributed by atoms with Gasteiger partial charge >= 0.3 is 5.97 Å². The molecule has 1 heterocycles. The van der Waals surface area contributed by atoms with E-state index < -0.39 is 0 Å². The summed E-state index contributed by atoms with van der Waals surface area (Å²) >= 11 is 11.8. The lowest BCUT2D eigenvalue weighted by atomic mass is 9.93. The molecule has 0 atom stereocenters. The molecule has 0 spiro atoms. The Morgan fingerprint density at radius 1 is 1.33 bits per heavy atom. The van der Waals surface area contributed by atoms with Gasteiger partial charge in [0.2, 0.25) is 0 Å². The summed E-state index contributed by atoms with van der Waals surface area (Å²) in [4.78, 5) is 13.5. The van der Waals surface area contributed by atoms with Crippen LogP contribution >= 0.6 is 23.2 Å². The van der Waals surface area contributed by atoms with Crippen LogP contribution in [0, 0.1) is 5.92 Å². The van der Waals surface area contributed by atoms with Gasteiger partial charge in [-0.1, -0.05) is 23.2 Å². The van der Waals surface area contributed by atoms with E-state index >= 15 is 0 Å². The number of hydrogen-bond donors (Lipinski definition) is 1. The van der Waals surface area contributed by atoms with Crippen molar-refractivity contribution in [2.45, 2.75) is 25.8 Å². The fraction of sp³-hybridized carbons (Fsp3) is 0.533. The van der Waals surface area contributed by atoms with Crippen molar-refractivity contribution in [3.05, 3.63) is 27.7 Å². The van der Waals surface area contributed by atoms with Crippen molar-refractivity contribution in [2.75, 3.05) is 20.2 Å². The molecule has 21 heavy (non-hydrogen) atoms. The van der Waals surface area contributed by atoms with Crippen molar-refractivity contribution in [3.63, 3.8) is 0 Å². The molecule has 0 aliphatic carbocycles. The molecule has 1 saturated heterocycles. The number of rotatable bonds is 4. The summed E-state index contributed by atoms with van der Waals surface area (Å²) in [5, 5.41) is 10.7. The Bertz CT molecular complexity index is 514. The zero-order chi connectivity index (χ0) is 15.4. The summed E-state index contributed by atoms with van der Waals surface area (Å²) in [5.74, 6) is 0.410. The fourth-order valence-corrected chi connectivity index (χ4v) is 2.96. The predicted octanol–water partition coefficient (Wildman–Crippen LogP) is 3.47. The van der Waals surface area contributed by atoms with Gasteiger partial charge in [0, 0.05) is 24.6 Å². The van der Waals surface area contributed by atoms with Gasteiger partial charge in [-0.2, -0.15) is 0 Å². The molecule has 0 amide bonds. The monoisotopic (exact) mass is 331 g/mol. The van der Waals surface area contributed by atoms with Crippen LogP contribution in [-0.4, -0.2) is 36.2 Å². The van der Waals surface area contributed by atoms with Crippen molar-refractivity contribution < 1.29 is 14.6 Å². The van der Waals surface area contributed by atoms with Crippen LogP contribution in [-0.2, 0) is 16.1 Å². The number of phenols is 1. The Balaban J connectivity index is 1.89. The second-order valence-electron chi connectivity index (χ2n) is 5.39. The third-order valence-corrected chi connectivity index (χ3v) is 4.63. The van der Waals surface area contributed by atoms with Crippen molar-refractivity contribution in [2.24, 2.45) is 5.92 Å². The van der Waals surface area contributed by atoms with Crippen LogP contribution in [0.25, 0.3) is 0 Å². The first-order chi connectivity index (χ1) is 9.99. The zero-order valence-electron chi connectivity index (χ0n) is 11.9. The summed E-state index contributed by atoms with van der Waals surface area (Å²) in [6.45, 7) is 2.41. The maximum absolute atomic E-state index is 11.3. The molecule has 0 radical (unpaired) electrons. The molecule has 0 bridgehead atoms. The number of phenolic OH excluding ortho intramolecular Hbond substituents is 1. The summed E-state index contributed by atoms with van der Waals surface area (Å²) in [7, 11) is 1.42. The second kappa shape index (κ2) is 7.34. The Hall–Kier alpha value is -0.970. The normalized spacial score (nSPS) is 16.9. The van der Waals surface area contributed by atoms with Crippen LogP contribution in [0.15, 0.2) is 12.1 Å². The minimum absolute atomic E-state index is 0.143. The fourth-order valence-electron chi connectivity index (χ4n) is 2.61. The molecule has 2 rings (SSSR count). The molecule has 0 aromatic heterocycles. The maximum Gasteiger partial charge on any atom is 0.305 e. The first-order valence-corrected chi connectivity index (χ1v) is 7.71. The predicted molar refractivity (Wildman–Crippen MR) is 82.8 cm³/mol. The number of nitrogens with zero attached hydrogens (tertiary/aromatic N) is 1. The molecule has 1 N–H and O–H groups in total. The number of halogens is 2. The Morgan fingerprint density at radius 3 is 2.57 bits per heavy atom. The summed E-state index contributed by atoms with van der Waals surface area (Å²) in [5.41, 5.74) is 0.774. The lowest BCUT2D eigenvalue weighted by molar-refractivity contribution is -0.142. The highest BCUT2D eigenvalue weighted by molar-refractivity contribution is 6.42. The molecule has 116 valence electrons. The molecule has 0 unspecified atom stereocenters. The van der Waals surface area contributed by atoms with Gasteiger partial charge in [0.1, 0.15) is 5.75 Å². The summed E-state index contributed by atoms with van der Waals surface area (Å²) in [6, 6.07) is 3.18. The smallest absolute Gasteiger partial charge is 0.305 e. The lowest BCUT2D eigenvalue weighted by Crippen LogP contribution is -2.34. The van der Waals surface area contributed by atoms with Crippen molar-refractivity contribution >= 4 is 29.2 Å². The van der Waals surface area contributed by atoms with E-state index in [0.717, 1.165) is 31.5 Å². The number of carbonyl (C=O) groups is 1. The van der Waals surface area contributed by atoms with Crippen LogP contribution in [0.3, 0.4) is 0 Å². The summed E-state index contributed by atoms with van der Waals surface area (Å²) in [6.07, 6.45) is 2.40. The molecular weight excluding hydrogens is 313 g/mol. The Labute approximate surface area is 134 Å². The summed E-state index contributed by atoms with van der Waals surface area (Å²) < 4.78 is 4.70. The van der Waals surface area contributed by atoms with E-state index in [1.54, 1.807) is 6.07 Å². The van der Waals surface area contributed by atoms with Gasteiger partial charge < -0.3 is 9.84 Å². The maximum atomic E-state index is 11.3. The van der Waals surface area contributed by atoms with E-state index in [-0.39, 0.29) is 11.7 Å². The van der Waals surface area contributed by atoms with E-state index in [1.807, 2.05) is 0 Å². The molecule has 1 fully saturated rings. The van der Waals surface area contributed by atoms with Crippen LogP contribution in [0.4, 0.5) is 0 Å². The Morgan fingerprint density at radius 2 is 1.95 bits per heavy atom. The van der Waals surface area contributed by atoms with Crippen LogP contribution in [0.5, 0.6) is 5.75 Å². The highest BCUT2D eigenvalue weighted by Crippen LogP contribution is 2.31. The molecule has 1 aliphatic heterocycles. The van der Waals surface area contributed by atoms with Gasteiger partial charge in [0.15, 0.2) is 0 Å². The largest absolute Gasteiger partial charge is 0.508 e. The van der Waals surface area contributed by atoms with E-state index in [9.17, 15) is 9.90 Å². The van der Waals surface area contributed by atoms with Crippen LogP contribution in [0.1, 0.15) is 24.8 Å².